The molecule has 0 aliphatic heterocycles. The second kappa shape index (κ2) is 6.35. The van der Waals surface area contributed by atoms with Gasteiger partial charge in [0.15, 0.2) is 0 Å². The Hall–Kier alpha value is -0.860. The van der Waals surface area contributed by atoms with Crippen LogP contribution in [0.4, 0.5) is 0 Å². The number of hydrogen-bond donors (Lipinski definition) is 1. The van der Waals surface area contributed by atoms with Crippen molar-refractivity contribution in [3.05, 3.63) is 35.9 Å². The lowest BCUT2D eigenvalue weighted by Crippen LogP contribution is -2.37. The van der Waals surface area contributed by atoms with Crippen LogP contribution < -0.4 is 0 Å². The van der Waals surface area contributed by atoms with E-state index in [2.05, 4.69) is 43.3 Å². The Kier molecular flexibility index (Phi) is 4.79. The van der Waals surface area contributed by atoms with Crippen LogP contribution in [-0.2, 0) is 0 Å². The van der Waals surface area contributed by atoms with Crippen LogP contribution in [0.3, 0.4) is 0 Å². The monoisotopic (exact) mass is 247 g/mol. The summed E-state index contributed by atoms with van der Waals surface area (Å²) >= 11 is 0. The van der Waals surface area contributed by atoms with E-state index in [1.54, 1.807) is 0 Å². The van der Waals surface area contributed by atoms with Crippen LogP contribution in [0.5, 0.6) is 0 Å². The van der Waals surface area contributed by atoms with Crippen molar-refractivity contribution in [3.8, 4) is 0 Å². The average Bonchev–Trinajstić information content (AvgIpc) is 2.40. The summed E-state index contributed by atoms with van der Waals surface area (Å²) in [6, 6.07) is 10.5. The Balaban J connectivity index is 2.14. The molecule has 1 saturated carbocycles. The van der Waals surface area contributed by atoms with Gasteiger partial charge in [-0.1, -0.05) is 49.6 Å². The standard InChI is InChI=1S/C16H25NO/c1-17(2)15(13-9-5-3-6-10-13)16(18)14-11-7-4-8-12-14/h3,5-6,9-10,14-16,18H,4,7-8,11-12H2,1-2H3. The van der Waals surface area contributed by atoms with Gasteiger partial charge in [-0.25, -0.2) is 0 Å². The number of likely N-dealkylation sites (N-methyl/N-ethyl adjacent to an activating group) is 1. The molecule has 2 atom stereocenters. The van der Waals surface area contributed by atoms with Crippen LogP contribution in [0, 0.1) is 5.92 Å². The Labute approximate surface area is 111 Å². The van der Waals surface area contributed by atoms with E-state index in [-0.39, 0.29) is 12.1 Å². The molecule has 0 aromatic heterocycles. The zero-order valence-electron chi connectivity index (χ0n) is 11.5. The molecule has 1 fully saturated rings. The summed E-state index contributed by atoms with van der Waals surface area (Å²) < 4.78 is 0. The smallest absolute Gasteiger partial charge is 0.0764 e. The third-order valence-corrected chi connectivity index (χ3v) is 4.15. The van der Waals surface area contributed by atoms with E-state index in [9.17, 15) is 5.11 Å². The third-order valence-electron chi connectivity index (χ3n) is 4.15. The largest absolute Gasteiger partial charge is 0.391 e. The number of nitrogens with zero attached hydrogens (tertiary/aromatic N) is 1. The van der Waals surface area contributed by atoms with E-state index in [1.807, 2.05) is 6.07 Å². The topological polar surface area (TPSA) is 23.5 Å². The number of hydrogen-bond acceptors (Lipinski definition) is 2. The van der Waals surface area contributed by atoms with E-state index in [0.29, 0.717) is 5.92 Å². The number of rotatable bonds is 4. The number of aliphatic hydroxyl groups excluding tert-OH is 1. The van der Waals surface area contributed by atoms with Gasteiger partial charge in [-0.05, 0) is 38.4 Å². The molecule has 0 spiro atoms. The van der Waals surface area contributed by atoms with Gasteiger partial charge < -0.3 is 10.0 Å². The summed E-state index contributed by atoms with van der Waals surface area (Å²) in [5, 5.41) is 10.7. The second-order valence-corrected chi connectivity index (χ2v) is 5.71. The van der Waals surface area contributed by atoms with Gasteiger partial charge in [0.2, 0.25) is 0 Å². The van der Waals surface area contributed by atoms with E-state index >= 15 is 0 Å². The van der Waals surface area contributed by atoms with Gasteiger partial charge in [-0.2, -0.15) is 0 Å². The highest BCUT2D eigenvalue weighted by Gasteiger charge is 2.31. The summed E-state index contributed by atoms with van der Waals surface area (Å²) in [6.45, 7) is 0. The first-order valence-electron chi connectivity index (χ1n) is 7.09. The predicted molar refractivity (Wildman–Crippen MR) is 75.5 cm³/mol. The molecule has 2 nitrogen and oxygen atoms in total. The SMILES string of the molecule is CN(C)C(c1ccccc1)C(O)C1CCCCC1. The summed E-state index contributed by atoms with van der Waals surface area (Å²) in [7, 11) is 4.12. The van der Waals surface area contributed by atoms with Crippen molar-refractivity contribution in [1.82, 2.24) is 4.90 Å². The molecule has 1 aromatic carbocycles. The molecule has 1 N–H and O–H groups in total. The highest BCUT2D eigenvalue weighted by atomic mass is 16.3. The van der Waals surface area contributed by atoms with Crippen LogP contribution in [0.2, 0.25) is 0 Å². The Morgan fingerprint density at radius 2 is 1.67 bits per heavy atom. The fraction of sp³-hybridized carbons (Fsp3) is 0.625. The third kappa shape index (κ3) is 3.12. The maximum absolute atomic E-state index is 10.7. The lowest BCUT2D eigenvalue weighted by atomic mass is 9.81. The first-order chi connectivity index (χ1) is 8.70. The predicted octanol–water partition coefficient (Wildman–Crippen LogP) is 3.23. The average molecular weight is 247 g/mol. The van der Waals surface area contributed by atoms with Crippen LogP contribution in [-0.4, -0.2) is 30.2 Å². The van der Waals surface area contributed by atoms with Crippen LogP contribution in [0.15, 0.2) is 30.3 Å². The van der Waals surface area contributed by atoms with Gasteiger partial charge >= 0.3 is 0 Å². The van der Waals surface area contributed by atoms with E-state index in [0.717, 1.165) is 0 Å². The molecule has 1 aromatic rings. The fourth-order valence-electron chi connectivity index (χ4n) is 3.18. The molecule has 2 heteroatoms. The zero-order chi connectivity index (χ0) is 13.0. The summed E-state index contributed by atoms with van der Waals surface area (Å²) in [6.07, 6.45) is 5.99. The van der Waals surface area contributed by atoms with Crippen molar-refractivity contribution >= 4 is 0 Å². The van der Waals surface area contributed by atoms with Gasteiger partial charge in [0.05, 0.1) is 12.1 Å². The molecule has 2 rings (SSSR count). The van der Waals surface area contributed by atoms with Gasteiger partial charge in [0.1, 0.15) is 0 Å². The first kappa shape index (κ1) is 13.6. The van der Waals surface area contributed by atoms with Crippen molar-refractivity contribution in [1.29, 1.82) is 0 Å². The van der Waals surface area contributed by atoms with Crippen LogP contribution in [0.25, 0.3) is 0 Å². The Morgan fingerprint density at radius 3 is 2.22 bits per heavy atom. The molecule has 100 valence electrons. The molecule has 0 heterocycles. The highest BCUT2D eigenvalue weighted by Crippen LogP contribution is 2.34. The van der Waals surface area contributed by atoms with Crippen molar-refractivity contribution in [2.75, 3.05) is 14.1 Å². The maximum atomic E-state index is 10.7. The lowest BCUT2D eigenvalue weighted by molar-refractivity contribution is 0.0143. The summed E-state index contributed by atoms with van der Waals surface area (Å²) in [5.74, 6) is 0.464. The molecular formula is C16H25NO. The molecule has 0 radical (unpaired) electrons. The molecule has 0 amide bonds. The second-order valence-electron chi connectivity index (χ2n) is 5.71. The fourth-order valence-corrected chi connectivity index (χ4v) is 3.18. The minimum atomic E-state index is -0.248. The minimum absolute atomic E-state index is 0.120. The van der Waals surface area contributed by atoms with Crippen molar-refractivity contribution in [2.24, 2.45) is 5.92 Å². The van der Waals surface area contributed by atoms with Gasteiger partial charge in [-0.3, -0.25) is 0 Å². The van der Waals surface area contributed by atoms with Crippen molar-refractivity contribution < 1.29 is 5.11 Å². The van der Waals surface area contributed by atoms with Gasteiger partial charge in [0, 0.05) is 0 Å². The summed E-state index contributed by atoms with van der Waals surface area (Å²) in [4.78, 5) is 2.15. The van der Waals surface area contributed by atoms with E-state index < -0.39 is 0 Å². The molecule has 1 aliphatic carbocycles. The van der Waals surface area contributed by atoms with Gasteiger partial charge in [-0.15, -0.1) is 0 Å². The van der Waals surface area contributed by atoms with E-state index in [4.69, 9.17) is 0 Å². The lowest BCUT2D eigenvalue weighted by Gasteiger charge is -2.36. The molecular weight excluding hydrogens is 222 g/mol. The van der Waals surface area contributed by atoms with Crippen LogP contribution in [0.1, 0.15) is 43.7 Å². The molecule has 0 saturated heterocycles. The van der Waals surface area contributed by atoms with Crippen LogP contribution >= 0.6 is 0 Å². The molecule has 18 heavy (non-hydrogen) atoms. The number of benzene rings is 1. The molecule has 0 bridgehead atoms. The Morgan fingerprint density at radius 1 is 1.06 bits per heavy atom. The normalized spacial score (nSPS) is 20.9. The molecule has 2 unspecified atom stereocenters. The molecule has 1 aliphatic rings. The van der Waals surface area contributed by atoms with Crippen molar-refractivity contribution in [3.63, 3.8) is 0 Å². The summed E-state index contributed by atoms with van der Waals surface area (Å²) in [5.41, 5.74) is 1.22. The maximum Gasteiger partial charge on any atom is 0.0764 e. The first-order valence-corrected chi connectivity index (χ1v) is 7.09. The van der Waals surface area contributed by atoms with Gasteiger partial charge in [0.25, 0.3) is 0 Å². The minimum Gasteiger partial charge on any atom is -0.391 e. The van der Waals surface area contributed by atoms with E-state index in [1.165, 1.54) is 37.7 Å². The Bertz CT molecular complexity index is 343. The number of aliphatic hydroxyl groups is 1. The van der Waals surface area contributed by atoms with Crippen molar-refractivity contribution in [2.45, 2.75) is 44.2 Å². The quantitative estimate of drug-likeness (QED) is 0.883. The highest BCUT2D eigenvalue weighted by molar-refractivity contribution is 5.20. The zero-order valence-corrected chi connectivity index (χ0v) is 11.5.